The van der Waals surface area contributed by atoms with Gasteiger partial charge < -0.3 is 33.7 Å². The normalized spacial score (nSPS) is 24.0. The highest BCUT2D eigenvalue weighted by Crippen LogP contribution is 2.53. The lowest BCUT2D eigenvalue weighted by Gasteiger charge is -2.38. The van der Waals surface area contributed by atoms with E-state index in [1.807, 2.05) is 0 Å². The molecule has 2 aromatic heterocycles. The van der Waals surface area contributed by atoms with Crippen LogP contribution >= 0.6 is 11.8 Å². The van der Waals surface area contributed by atoms with Gasteiger partial charge >= 0.3 is 23.9 Å². The van der Waals surface area contributed by atoms with E-state index in [0.717, 1.165) is 18.7 Å². The highest BCUT2D eigenvalue weighted by atomic mass is 32.2. The summed E-state index contributed by atoms with van der Waals surface area (Å²) in [5.41, 5.74) is -1.51. The van der Waals surface area contributed by atoms with Crippen molar-refractivity contribution >= 4 is 58.5 Å². The number of rotatable bonds is 12. The molecule has 2 aliphatic heterocycles. The minimum Gasteiger partial charge on any atom is -0.464 e. The Labute approximate surface area is 301 Å². The number of imidazole rings is 1. The van der Waals surface area contributed by atoms with Crippen molar-refractivity contribution in [3.8, 4) is 0 Å². The number of thioether (sulfide) groups is 1. The smallest absolute Gasteiger partial charge is 0.351 e. The van der Waals surface area contributed by atoms with E-state index >= 15 is 0 Å². The largest absolute Gasteiger partial charge is 0.464 e. The van der Waals surface area contributed by atoms with Crippen LogP contribution in [0.2, 0.25) is 0 Å². The summed E-state index contributed by atoms with van der Waals surface area (Å²) in [6.07, 6.45) is -4.07. The van der Waals surface area contributed by atoms with Crippen LogP contribution in [-0.4, -0.2) is 97.8 Å². The Morgan fingerprint density at radius 3 is 2.25 bits per heavy atom. The third-order valence-corrected chi connectivity index (χ3v) is 9.67. The van der Waals surface area contributed by atoms with E-state index in [1.165, 1.54) is 24.1 Å². The molecule has 0 aliphatic carbocycles. The van der Waals surface area contributed by atoms with Gasteiger partial charge in [-0.05, 0) is 38.1 Å². The van der Waals surface area contributed by atoms with Gasteiger partial charge in [-0.25, -0.2) is 24.5 Å². The van der Waals surface area contributed by atoms with Crippen molar-refractivity contribution in [3.63, 3.8) is 0 Å². The zero-order valence-corrected chi connectivity index (χ0v) is 29.3. The number of fused-ring (bicyclic) bond motifs is 2. The van der Waals surface area contributed by atoms with Gasteiger partial charge in [0, 0.05) is 24.3 Å². The number of nitrogens with one attached hydrogen (secondary N) is 1. The second kappa shape index (κ2) is 15.5. The van der Waals surface area contributed by atoms with Crippen molar-refractivity contribution in [1.82, 2.24) is 19.5 Å². The first-order valence-electron chi connectivity index (χ1n) is 16.4. The quantitative estimate of drug-likeness (QED) is 0.164. The van der Waals surface area contributed by atoms with Crippen molar-refractivity contribution in [2.24, 2.45) is 0 Å². The molecule has 2 fully saturated rings. The highest BCUT2D eigenvalue weighted by Gasteiger charge is 2.73. The lowest BCUT2D eigenvalue weighted by atomic mass is 9.90. The predicted octanol–water partition coefficient (Wildman–Crippen LogP) is 3.26. The molecule has 0 bridgehead atoms. The third-order valence-electron chi connectivity index (χ3n) is 8.25. The van der Waals surface area contributed by atoms with Crippen molar-refractivity contribution in [1.29, 1.82) is 0 Å². The monoisotopic (exact) mass is 733 g/mol. The summed E-state index contributed by atoms with van der Waals surface area (Å²) in [5.74, 6) is -3.96. The molecule has 1 unspecified atom stereocenters. The summed E-state index contributed by atoms with van der Waals surface area (Å²) in [7, 11) is 0. The molecular weight excluding hydrogens is 698 g/mol. The van der Waals surface area contributed by atoms with E-state index in [-0.39, 0.29) is 30.2 Å². The number of hydrogen-bond donors (Lipinski definition) is 1. The number of ether oxygens (including phenoxy) is 6. The van der Waals surface area contributed by atoms with Crippen LogP contribution < -0.4 is 5.32 Å². The molecule has 272 valence electrons. The van der Waals surface area contributed by atoms with Crippen LogP contribution in [0, 0.1) is 0 Å². The lowest BCUT2D eigenvalue weighted by Crippen LogP contribution is -2.62. The number of carbonyl (C=O) groups is 5. The standard InChI is InChI=1S/C35H35N5O11S/c1-5-46-33(44)27(49-20(4)42)35(34(45)47-6-2)28(52-22-15-11-8-12-16-22)25-24(51-35)26(48-19(3)41)32(50-25)40-18-38-23-29(36-17-37-30(23)40)39-31(43)21-13-9-7-10-14-21/h7-18,24-28,32H,5-6H2,1-4H3,(H,36,37,39,43)/t24-,25-,26-,27+,28?,32-,35-/m1/s1. The zero-order valence-electron chi connectivity index (χ0n) is 28.5. The third kappa shape index (κ3) is 6.93. The molecule has 7 atom stereocenters. The summed E-state index contributed by atoms with van der Waals surface area (Å²) in [4.78, 5) is 79.6. The van der Waals surface area contributed by atoms with Gasteiger partial charge in [0.15, 0.2) is 29.3 Å². The fraction of sp³-hybridized carbons (Fsp3) is 0.371. The van der Waals surface area contributed by atoms with Crippen molar-refractivity contribution < 1.29 is 52.4 Å². The SMILES string of the molecule is CCOC(=O)[C@H](OC(C)=O)[C@@]1(C(=O)OCC)O[C@H]2[C@@H](OC(C)=O)[C@H](n3cnc4c(NC(=O)c5ccccc5)ncnc43)O[C@H]2C1Sc1ccccc1. The number of anilines is 1. The second-order valence-corrected chi connectivity index (χ2v) is 12.8. The maximum absolute atomic E-state index is 14.2. The van der Waals surface area contributed by atoms with Gasteiger partial charge in [-0.3, -0.25) is 19.0 Å². The number of aromatic nitrogens is 4. The number of carbonyl (C=O) groups excluding carboxylic acids is 5. The highest BCUT2D eigenvalue weighted by molar-refractivity contribution is 8.00. The fourth-order valence-electron chi connectivity index (χ4n) is 6.24. The minimum absolute atomic E-state index is 0.100. The Balaban J connectivity index is 1.45. The van der Waals surface area contributed by atoms with E-state index in [4.69, 9.17) is 28.4 Å². The van der Waals surface area contributed by atoms with E-state index in [9.17, 15) is 24.0 Å². The first-order chi connectivity index (χ1) is 25.1. The lowest BCUT2D eigenvalue weighted by molar-refractivity contribution is -0.211. The van der Waals surface area contributed by atoms with Crippen LogP contribution in [0.1, 0.15) is 44.3 Å². The Kier molecular flexibility index (Phi) is 10.8. The first kappa shape index (κ1) is 36.4. The molecule has 4 heterocycles. The predicted molar refractivity (Wildman–Crippen MR) is 182 cm³/mol. The average Bonchev–Trinajstić information content (AvgIpc) is 3.80. The molecule has 1 N–H and O–H groups in total. The van der Waals surface area contributed by atoms with Gasteiger partial charge in [-0.1, -0.05) is 36.4 Å². The zero-order chi connectivity index (χ0) is 37.0. The molecule has 17 heteroatoms. The van der Waals surface area contributed by atoms with E-state index in [2.05, 4.69) is 20.3 Å². The Bertz CT molecular complexity index is 1960. The average molecular weight is 734 g/mol. The maximum Gasteiger partial charge on any atom is 0.351 e. The van der Waals surface area contributed by atoms with Crippen molar-refractivity contribution in [2.75, 3.05) is 18.5 Å². The number of benzene rings is 2. The van der Waals surface area contributed by atoms with Gasteiger partial charge in [-0.15, -0.1) is 11.8 Å². The molecule has 52 heavy (non-hydrogen) atoms. The molecule has 2 aromatic carbocycles. The first-order valence-corrected chi connectivity index (χ1v) is 17.2. The summed E-state index contributed by atoms with van der Waals surface area (Å²) in [6.45, 7) is 5.19. The Morgan fingerprint density at radius 1 is 0.904 bits per heavy atom. The topological polar surface area (TPSA) is 196 Å². The van der Waals surface area contributed by atoms with Crippen LogP contribution in [0.5, 0.6) is 0 Å². The van der Waals surface area contributed by atoms with Gasteiger partial charge in [0.1, 0.15) is 18.5 Å². The summed E-state index contributed by atoms with van der Waals surface area (Å²) in [6, 6.07) is 17.5. The van der Waals surface area contributed by atoms with E-state index in [0.29, 0.717) is 10.5 Å². The number of hydrogen-bond acceptors (Lipinski definition) is 15. The summed E-state index contributed by atoms with van der Waals surface area (Å²) < 4.78 is 36.9. The van der Waals surface area contributed by atoms with Crippen molar-refractivity contribution in [2.45, 2.75) is 74.1 Å². The Hall–Kier alpha value is -5.39. The summed E-state index contributed by atoms with van der Waals surface area (Å²) in [5, 5.41) is 1.60. The molecule has 16 nitrogen and oxygen atoms in total. The van der Waals surface area contributed by atoms with E-state index < -0.39 is 71.3 Å². The van der Waals surface area contributed by atoms with Gasteiger partial charge in [0.25, 0.3) is 5.91 Å². The minimum atomic E-state index is -2.33. The van der Waals surface area contributed by atoms with Crippen molar-refractivity contribution in [3.05, 3.63) is 78.9 Å². The van der Waals surface area contributed by atoms with Crippen LogP contribution in [0.3, 0.4) is 0 Å². The molecule has 0 saturated carbocycles. The Morgan fingerprint density at radius 2 is 1.60 bits per heavy atom. The maximum atomic E-state index is 14.2. The fourth-order valence-corrected chi connectivity index (χ4v) is 7.65. The molecule has 4 aromatic rings. The molecule has 0 radical (unpaired) electrons. The second-order valence-electron chi connectivity index (χ2n) is 11.6. The molecule has 6 rings (SSSR count). The number of nitrogens with zero attached hydrogens (tertiary/aromatic N) is 4. The van der Waals surface area contributed by atoms with Crippen LogP contribution in [0.4, 0.5) is 5.82 Å². The van der Waals surface area contributed by atoms with Crippen LogP contribution in [0.25, 0.3) is 11.2 Å². The molecule has 0 spiro atoms. The van der Waals surface area contributed by atoms with Gasteiger partial charge in [0.05, 0.1) is 24.8 Å². The van der Waals surface area contributed by atoms with E-state index in [1.54, 1.807) is 74.5 Å². The molecule has 2 saturated heterocycles. The van der Waals surface area contributed by atoms with Crippen LogP contribution in [0.15, 0.2) is 78.2 Å². The van der Waals surface area contributed by atoms with Gasteiger partial charge in [0.2, 0.25) is 11.7 Å². The summed E-state index contributed by atoms with van der Waals surface area (Å²) >= 11 is 1.12. The van der Waals surface area contributed by atoms with Gasteiger partial charge in [-0.2, -0.15) is 0 Å². The molecule has 2 aliphatic rings. The molecular formula is C35H35N5O11S. The molecule has 1 amide bonds. The number of amides is 1. The van der Waals surface area contributed by atoms with Crippen LogP contribution in [-0.2, 0) is 47.6 Å². The number of esters is 4.